The highest BCUT2D eigenvalue weighted by molar-refractivity contribution is 6.17. The van der Waals surface area contributed by atoms with Crippen LogP contribution in [0.4, 0.5) is 0 Å². The minimum Gasteiger partial charge on any atom is -0.303 e. The molecule has 0 fully saturated rings. The number of halogens is 1. The number of hydrogen-bond donors (Lipinski definition) is 0. The number of unbranched alkanes of at least 4 members (excludes halogenated alkanes) is 4. The second-order valence-electron chi connectivity index (χ2n) is 4.30. The molecule has 0 aliphatic rings. The minimum absolute atomic E-state index is 0.804. The lowest BCUT2D eigenvalue weighted by Crippen LogP contribution is -2.27. The van der Waals surface area contributed by atoms with E-state index in [1.54, 1.807) is 0 Å². The Hall–Kier alpha value is 0.250. The number of nitrogens with zero attached hydrogens (tertiary/aromatic N) is 1. The van der Waals surface area contributed by atoms with Gasteiger partial charge in [-0.3, -0.25) is 0 Å². The zero-order valence-electron chi connectivity index (χ0n) is 10.6. The molecule has 0 rings (SSSR count). The summed E-state index contributed by atoms with van der Waals surface area (Å²) in [5, 5.41) is 0. The molecule has 92 valence electrons. The Balaban J connectivity index is 3.53. The van der Waals surface area contributed by atoms with Gasteiger partial charge in [-0.2, -0.15) is 0 Å². The van der Waals surface area contributed by atoms with Gasteiger partial charge in [0.1, 0.15) is 0 Å². The molecular weight excluding hydrogens is 206 g/mol. The zero-order valence-corrected chi connectivity index (χ0v) is 11.4. The molecule has 0 aliphatic carbocycles. The molecule has 0 heterocycles. The molecule has 0 saturated carbocycles. The van der Waals surface area contributed by atoms with Gasteiger partial charge in [0.05, 0.1) is 0 Å². The Kier molecular flexibility index (Phi) is 12.5. The maximum absolute atomic E-state index is 5.74. The van der Waals surface area contributed by atoms with Gasteiger partial charge in [0.15, 0.2) is 0 Å². The second kappa shape index (κ2) is 12.3. The monoisotopic (exact) mass is 233 g/mol. The highest BCUT2D eigenvalue weighted by Gasteiger charge is 2.03. The number of rotatable bonds is 11. The molecule has 0 N–H and O–H groups in total. The van der Waals surface area contributed by atoms with E-state index in [1.165, 1.54) is 58.2 Å². The minimum atomic E-state index is 0.804. The molecule has 0 saturated heterocycles. The molecule has 0 bridgehead atoms. The lowest BCUT2D eigenvalue weighted by Gasteiger charge is -2.21. The van der Waals surface area contributed by atoms with Crippen molar-refractivity contribution in [1.29, 1.82) is 0 Å². The fourth-order valence-electron chi connectivity index (χ4n) is 1.79. The molecule has 0 amide bonds. The quantitative estimate of drug-likeness (QED) is 0.380. The smallest absolute Gasteiger partial charge is 0.0235 e. The molecule has 0 aromatic heterocycles. The van der Waals surface area contributed by atoms with Gasteiger partial charge < -0.3 is 4.90 Å². The highest BCUT2D eigenvalue weighted by atomic mass is 35.5. The average Bonchev–Trinajstić information content (AvgIpc) is 2.25. The molecule has 2 heteroatoms. The molecule has 0 unspecified atom stereocenters. The van der Waals surface area contributed by atoms with E-state index >= 15 is 0 Å². The highest BCUT2D eigenvalue weighted by Crippen LogP contribution is 2.03. The van der Waals surface area contributed by atoms with Crippen molar-refractivity contribution in [2.24, 2.45) is 0 Å². The normalized spacial score (nSPS) is 11.2. The Morgan fingerprint density at radius 3 is 1.60 bits per heavy atom. The molecular formula is C13H28ClN. The van der Waals surface area contributed by atoms with Crippen LogP contribution in [-0.2, 0) is 0 Å². The Morgan fingerprint density at radius 1 is 0.733 bits per heavy atom. The van der Waals surface area contributed by atoms with Crippen LogP contribution >= 0.6 is 11.6 Å². The van der Waals surface area contributed by atoms with Crippen LogP contribution in [-0.4, -0.2) is 30.4 Å². The van der Waals surface area contributed by atoms with Gasteiger partial charge in [-0.15, -0.1) is 11.6 Å². The van der Waals surface area contributed by atoms with Gasteiger partial charge in [-0.1, -0.05) is 39.5 Å². The van der Waals surface area contributed by atoms with E-state index in [0.29, 0.717) is 0 Å². The van der Waals surface area contributed by atoms with Crippen LogP contribution in [0.25, 0.3) is 0 Å². The SMILES string of the molecule is CCCCCN(CCCCl)CCCCC. The zero-order chi connectivity index (χ0) is 11.4. The van der Waals surface area contributed by atoms with E-state index in [0.717, 1.165) is 12.3 Å². The lowest BCUT2D eigenvalue weighted by molar-refractivity contribution is 0.263. The third kappa shape index (κ3) is 10.5. The molecule has 1 nitrogen and oxygen atoms in total. The molecule has 0 aromatic rings. The predicted octanol–water partition coefficient (Wildman–Crippen LogP) is 4.30. The van der Waals surface area contributed by atoms with E-state index in [4.69, 9.17) is 11.6 Å². The first kappa shape index (κ1) is 15.2. The topological polar surface area (TPSA) is 3.24 Å². The summed E-state index contributed by atoms with van der Waals surface area (Å²) in [7, 11) is 0. The van der Waals surface area contributed by atoms with Crippen molar-refractivity contribution in [2.75, 3.05) is 25.5 Å². The summed E-state index contributed by atoms with van der Waals surface area (Å²) in [5.41, 5.74) is 0. The van der Waals surface area contributed by atoms with Crippen LogP contribution in [0.1, 0.15) is 58.8 Å². The van der Waals surface area contributed by atoms with Gasteiger partial charge in [0, 0.05) is 5.88 Å². The Bertz CT molecular complexity index is 107. The standard InChI is InChI=1S/C13H28ClN/c1-3-5-7-11-15(13-9-10-14)12-8-6-4-2/h3-13H2,1-2H3. The van der Waals surface area contributed by atoms with Crippen molar-refractivity contribution in [3.8, 4) is 0 Å². The third-order valence-corrected chi connectivity index (χ3v) is 3.03. The molecule has 0 spiro atoms. The maximum atomic E-state index is 5.74. The predicted molar refractivity (Wildman–Crippen MR) is 70.8 cm³/mol. The van der Waals surface area contributed by atoms with Crippen molar-refractivity contribution in [1.82, 2.24) is 4.90 Å². The molecule has 0 radical (unpaired) electrons. The van der Waals surface area contributed by atoms with E-state index in [9.17, 15) is 0 Å². The third-order valence-electron chi connectivity index (χ3n) is 2.76. The first-order chi connectivity index (χ1) is 7.35. The van der Waals surface area contributed by atoms with Crippen LogP contribution in [0.3, 0.4) is 0 Å². The lowest BCUT2D eigenvalue weighted by atomic mass is 10.2. The van der Waals surface area contributed by atoms with Crippen LogP contribution in [0, 0.1) is 0 Å². The van der Waals surface area contributed by atoms with Crippen molar-refractivity contribution in [3.63, 3.8) is 0 Å². The summed E-state index contributed by atoms with van der Waals surface area (Å²) in [6.07, 6.45) is 9.21. The summed E-state index contributed by atoms with van der Waals surface area (Å²) in [5.74, 6) is 0.804. The van der Waals surface area contributed by atoms with Crippen molar-refractivity contribution < 1.29 is 0 Å². The van der Waals surface area contributed by atoms with Gasteiger partial charge in [0.25, 0.3) is 0 Å². The summed E-state index contributed by atoms with van der Waals surface area (Å²) in [6, 6.07) is 0. The summed E-state index contributed by atoms with van der Waals surface area (Å²) in [4.78, 5) is 2.59. The van der Waals surface area contributed by atoms with E-state index in [1.807, 2.05) is 0 Å². The van der Waals surface area contributed by atoms with Crippen molar-refractivity contribution in [2.45, 2.75) is 58.8 Å². The van der Waals surface area contributed by atoms with Gasteiger partial charge in [-0.05, 0) is 38.9 Å². The first-order valence-corrected chi connectivity index (χ1v) is 7.16. The number of alkyl halides is 1. The number of hydrogen-bond acceptors (Lipinski definition) is 1. The fourth-order valence-corrected chi connectivity index (χ4v) is 1.91. The van der Waals surface area contributed by atoms with Gasteiger partial charge >= 0.3 is 0 Å². The van der Waals surface area contributed by atoms with E-state index < -0.39 is 0 Å². The largest absolute Gasteiger partial charge is 0.303 e. The molecule has 0 aliphatic heterocycles. The van der Waals surface area contributed by atoms with E-state index in [-0.39, 0.29) is 0 Å². The summed E-state index contributed by atoms with van der Waals surface area (Å²) >= 11 is 5.74. The van der Waals surface area contributed by atoms with Crippen LogP contribution in [0.2, 0.25) is 0 Å². The fraction of sp³-hybridized carbons (Fsp3) is 1.00. The van der Waals surface area contributed by atoms with Gasteiger partial charge in [0.2, 0.25) is 0 Å². The summed E-state index contributed by atoms with van der Waals surface area (Å²) in [6.45, 7) is 8.26. The Morgan fingerprint density at radius 2 is 1.20 bits per heavy atom. The molecule has 0 atom stereocenters. The van der Waals surface area contributed by atoms with Crippen LogP contribution < -0.4 is 0 Å². The summed E-state index contributed by atoms with van der Waals surface area (Å²) < 4.78 is 0. The first-order valence-electron chi connectivity index (χ1n) is 6.63. The molecule has 15 heavy (non-hydrogen) atoms. The Labute approximate surface area is 101 Å². The van der Waals surface area contributed by atoms with Crippen molar-refractivity contribution >= 4 is 11.6 Å². The average molecular weight is 234 g/mol. The van der Waals surface area contributed by atoms with Crippen LogP contribution in [0.5, 0.6) is 0 Å². The second-order valence-corrected chi connectivity index (χ2v) is 4.68. The van der Waals surface area contributed by atoms with Crippen molar-refractivity contribution in [3.05, 3.63) is 0 Å². The molecule has 0 aromatic carbocycles. The maximum Gasteiger partial charge on any atom is 0.0235 e. The van der Waals surface area contributed by atoms with E-state index in [2.05, 4.69) is 18.7 Å². The van der Waals surface area contributed by atoms with Gasteiger partial charge in [-0.25, -0.2) is 0 Å². The van der Waals surface area contributed by atoms with Crippen LogP contribution in [0.15, 0.2) is 0 Å².